The second-order valence-electron chi connectivity index (χ2n) is 1.42. The Morgan fingerprint density at radius 1 is 1.75 bits per heavy atom. The molecule has 0 radical (unpaired) electrons. The number of carbonyl (C=O) groups is 1. The highest BCUT2D eigenvalue weighted by atomic mass is 32.2. The van der Waals surface area contributed by atoms with Crippen LogP contribution < -0.4 is 5.32 Å². The Hall–Kier alpha value is -0.180. The number of nitrogens with one attached hydrogen (secondary N) is 1. The summed E-state index contributed by atoms with van der Waals surface area (Å²) in [5, 5.41) is 2.77. The van der Waals surface area contributed by atoms with Crippen molar-refractivity contribution in [3.8, 4) is 0 Å². The van der Waals surface area contributed by atoms with E-state index >= 15 is 0 Å². The molecule has 0 aliphatic heterocycles. The molecule has 2 nitrogen and oxygen atoms in total. The van der Waals surface area contributed by atoms with Gasteiger partial charge in [0.05, 0.1) is 0 Å². The third-order valence-electron chi connectivity index (χ3n) is 0.705. The lowest BCUT2D eigenvalue weighted by atomic mass is 10.5. The fraction of sp³-hybridized carbons (Fsp3) is 0.800. The second kappa shape index (κ2) is 4.97. The van der Waals surface area contributed by atoms with Gasteiger partial charge in [-0.15, -0.1) is 0 Å². The van der Waals surface area contributed by atoms with Crippen LogP contribution in [0, 0.1) is 0 Å². The molecule has 0 saturated heterocycles. The average molecular weight is 133 g/mol. The van der Waals surface area contributed by atoms with Crippen molar-refractivity contribution in [2.24, 2.45) is 0 Å². The highest BCUT2D eigenvalue weighted by Crippen LogP contribution is 1.91. The normalized spacial score (nSPS) is 8.75. The maximum Gasteiger partial charge on any atom is 0.278 e. The van der Waals surface area contributed by atoms with Gasteiger partial charge >= 0.3 is 0 Å². The van der Waals surface area contributed by atoms with Crippen LogP contribution in [0.25, 0.3) is 0 Å². The first kappa shape index (κ1) is 7.82. The van der Waals surface area contributed by atoms with E-state index < -0.39 is 0 Å². The molecule has 0 rings (SSSR count). The highest BCUT2D eigenvalue weighted by molar-refractivity contribution is 8.12. The quantitative estimate of drug-likeness (QED) is 0.618. The summed E-state index contributed by atoms with van der Waals surface area (Å²) in [4.78, 5) is 10.4. The van der Waals surface area contributed by atoms with Crippen molar-refractivity contribution >= 4 is 17.0 Å². The van der Waals surface area contributed by atoms with Crippen LogP contribution in [0.2, 0.25) is 0 Å². The topological polar surface area (TPSA) is 29.1 Å². The van der Waals surface area contributed by atoms with E-state index in [1.165, 1.54) is 11.8 Å². The van der Waals surface area contributed by atoms with Crippen LogP contribution in [-0.2, 0) is 0 Å². The summed E-state index contributed by atoms with van der Waals surface area (Å²) in [5.74, 6) is 0. The van der Waals surface area contributed by atoms with Gasteiger partial charge in [0, 0.05) is 6.54 Å². The summed E-state index contributed by atoms with van der Waals surface area (Å²) >= 11 is 1.21. The van der Waals surface area contributed by atoms with Crippen LogP contribution in [0.5, 0.6) is 0 Å². The molecule has 0 spiro atoms. The van der Waals surface area contributed by atoms with Crippen LogP contribution in [0.3, 0.4) is 0 Å². The number of rotatable bonds is 2. The third kappa shape index (κ3) is 3.99. The summed E-state index contributed by atoms with van der Waals surface area (Å²) in [6.45, 7) is 2.82. The fourth-order valence-electron chi connectivity index (χ4n) is 0.299. The molecular formula is C5H11NOS. The van der Waals surface area contributed by atoms with Crippen molar-refractivity contribution in [3.63, 3.8) is 0 Å². The van der Waals surface area contributed by atoms with E-state index in [0.29, 0.717) is 0 Å². The van der Waals surface area contributed by atoms with Crippen molar-refractivity contribution in [2.45, 2.75) is 13.3 Å². The molecular weight excluding hydrogens is 122 g/mol. The second-order valence-corrected chi connectivity index (χ2v) is 2.20. The zero-order valence-electron chi connectivity index (χ0n) is 5.23. The number of hydrogen-bond donors (Lipinski definition) is 1. The van der Waals surface area contributed by atoms with Crippen LogP contribution in [-0.4, -0.2) is 18.0 Å². The fourth-order valence-corrected chi connectivity index (χ4v) is 0.546. The minimum atomic E-state index is 0.0619. The first-order chi connectivity index (χ1) is 3.81. The Morgan fingerprint density at radius 3 is 2.75 bits per heavy atom. The van der Waals surface area contributed by atoms with Crippen molar-refractivity contribution in [2.75, 3.05) is 12.8 Å². The molecule has 0 aliphatic carbocycles. The van der Waals surface area contributed by atoms with Gasteiger partial charge in [-0.25, -0.2) is 0 Å². The van der Waals surface area contributed by atoms with Crippen molar-refractivity contribution in [1.29, 1.82) is 0 Å². The highest BCUT2D eigenvalue weighted by Gasteiger charge is 1.91. The molecule has 0 aromatic carbocycles. The number of carbonyl (C=O) groups excluding carboxylic acids is 1. The summed E-state index contributed by atoms with van der Waals surface area (Å²) in [5.41, 5.74) is 0. The van der Waals surface area contributed by atoms with Crippen LogP contribution in [0.1, 0.15) is 13.3 Å². The van der Waals surface area contributed by atoms with E-state index in [1.54, 1.807) is 6.26 Å². The van der Waals surface area contributed by atoms with Crippen LogP contribution >= 0.6 is 11.8 Å². The molecule has 1 N–H and O–H groups in total. The smallest absolute Gasteiger partial charge is 0.278 e. The monoisotopic (exact) mass is 133 g/mol. The van der Waals surface area contributed by atoms with Crippen molar-refractivity contribution < 1.29 is 4.79 Å². The zero-order chi connectivity index (χ0) is 6.41. The molecule has 48 valence electrons. The van der Waals surface area contributed by atoms with Gasteiger partial charge in [0.25, 0.3) is 5.24 Å². The summed E-state index contributed by atoms with van der Waals surface area (Å²) in [6.07, 6.45) is 2.78. The Balaban J connectivity index is 2.99. The molecule has 0 saturated carbocycles. The lowest BCUT2D eigenvalue weighted by Crippen LogP contribution is -2.18. The van der Waals surface area contributed by atoms with Gasteiger partial charge in [-0.3, -0.25) is 4.79 Å². The van der Waals surface area contributed by atoms with Gasteiger partial charge in [-0.1, -0.05) is 18.7 Å². The van der Waals surface area contributed by atoms with E-state index in [0.717, 1.165) is 13.0 Å². The predicted molar refractivity (Wildman–Crippen MR) is 37.2 cm³/mol. The summed E-state index contributed by atoms with van der Waals surface area (Å²) in [6, 6.07) is 0. The average Bonchev–Trinajstić information content (AvgIpc) is 1.83. The molecule has 0 aliphatic rings. The number of thioether (sulfide) groups is 1. The lowest BCUT2D eigenvalue weighted by Gasteiger charge is -1.96. The van der Waals surface area contributed by atoms with Crippen molar-refractivity contribution in [3.05, 3.63) is 0 Å². The largest absolute Gasteiger partial charge is 0.347 e. The summed E-state index contributed by atoms with van der Waals surface area (Å²) in [7, 11) is 0. The molecule has 0 atom stereocenters. The first-order valence-electron chi connectivity index (χ1n) is 2.63. The molecule has 1 amide bonds. The van der Waals surface area contributed by atoms with Gasteiger partial charge < -0.3 is 5.32 Å². The Morgan fingerprint density at radius 2 is 2.38 bits per heavy atom. The SMILES string of the molecule is CCCNC(=O)SC. The molecule has 3 heteroatoms. The molecule has 0 heterocycles. The van der Waals surface area contributed by atoms with Gasteiger partial charge in [-0.05, 0) is 12.7 Å². The molecule has 0 fully saturated rings. The molecule has 0 bridgehead atoms. The van der Waals surface area contributed by atoms with Crippen LogP contribution in [0.4, 0.5) is 4.79 Å². The molecule has 0 aromatic heterocycles. The van der Waals surface area contributed by atoms with E-state index in [-0.39, 0.29) is 5.24 Å². The van der Waals surface area contributed by atoms with Gasteiger partial charge in [0.2, 0.25) is 0 Å². The van der Waals surface area contributed by atoms with E-state index in [2.05, 4.69) is 5.32 Å². The van der Waals surface area contributed by atoms with Crippen molar-refractivity contribution in [1.82, 2.24) is 5.32 Å². The Labute approximate surface area is 54.0 Å². The minimum Gasteiger partial charge on any atom is -0.347 e. The maximum atomic E-state index is 10.4. The molecule has 0 aromatic rings. The number of amides is 1. The summed E-state index contributed by atoms with van der Waals surface area (Å²) < 4.78 is 0. The Kier molecular flexibility index (Phi) is 4.85. The standard InChI is InChI=1S/C5H11NOS/c1-3-4-6-5(7)8-2/h3-4H2,1-2H3,(H,6,7). The molecule has 8 heavy (non-hydrogen) atoms. The first-order valence-corrected chi connectivity index (χ1v) is 3.85. The van der Waals surface area contributed by atoms with E-state index in [1.807, 2.05) is 6.92 Å². The number of hydrogen-bond acceptors (Lipinski definition) is 2. The van der Waals surface area contributed by atoms with Gasteiger partial charge in [0.15, 0.2) is 0 Å². The van der Waals surface area contributed by atoms with E-state index in [9.17, 15) is 4.79 Å². The van der Waals surface area contributed by atoms with Gasteiger partial charge in [-0.2, -0.15) is 0 Å². The van der Waals surface area contributed by atoms with Crippen LogP contribution in [0.15, 0.2) is 0 Å². The lowest BCUT2D eigenvalue weighted by molar-refractivity contribution is 0.261. The minimum absolute atomic E-state index is 0.0619. The van der Waals surface area contributed by atoms with Gasteiger partial charge in [0.1, 0.15) is 0 Å². The van der Waals surface area contributed by atoms with E-state index in [4.69, 9.17) is 0 Å². The maximum absolute atomic E-state index is 10.4. The predicted octanol–water partition coefficient (Wildman–Crippen LogP) is 1.47. The molecule has 0 unspecified atom stereocenters. The zero-order valence-corrected chi connectivity index (χ0v) is 6.05. The Bertz CT molecular complexity index is 74.8. The third-order valence-corrected chi connectivity index (χ3v) is 1.22.